The van der Waals surface area contributed by atoms with Crippen molar-refractivity contribution in [1.82, 2.24) is 0 Å². The number of allylic oxidation sites excluding steroid dienone is 1. The van der Waals surface area contributed by atoms with Crippen LogP contribution < -0.4 is 0 Å². The van der Waals surface area contributed by atoms with Gasteiger partial charge in [0.05, 0.1) is 12.2 Å². The maximum atomic E-state index is 12.8. The van der Waals surface area contributed by atoms with Crippen LogP contribution in [0.15, 0.2) is 12.2 Å². The molecular formula is C27H54O5Si2. The standard InChI is InChI=1S/C27H54O5Si2/c1-8-9-16-23(28)17-14-15-22-20-21-25(29)24(22)18-12-10-11-13-19-26(30)27(31-33(2,3)4)32-34(5,6)7/h14-15,22-25,27-29H,8-13,16-21H2,1-7H3/t22-,23?,24+,25-/m0/s1. The van der Waals surface area contributed by atoms with Gasteiger partial charge in [-0.25, -0.2) is 0 Å². The molecule has 0 saturated heterocycles. The number of hydrogen-bond donors (Lipinski definition) is 2. The first-order valence-electron chi connectivity index (χ1n) is 13.7. The van der Waals surface area contributed by atoms with E-state index in [1.807, 2.05) is 0 Å². The van der Waals surface area contributed by atoms with E-state index < -0.39 is 22.9 Å². The second kappa shape index (κ2) is 15.7. The highest BCUT2D eigenvalue weighted by atomic mass is 28.4. The van der Waals surface area contributed by atoms with Crippen molar-refractivity contribution in [3.63, 3.8) is 0 Å². The lowest BCUT2D eigenvalue weighted by molar-refractivity contribution is -0.140. The smallest absolute Gasteiger partial charge is 0.199 e. The van der Waals surface area contributed by atoms with Crippen LogP contribution in [0.3, 0.4) is 0 Å². The van der Waals surface area contributed by atoms with Crippen LogP contribution in [-0.4, -0.2) is 51.1 Å². The predicted molar refractivity (Wildman–Crippen MR) is 147 cm³/mol. The number of carbonyl (C=O) groups is 1. The largest absolute Gasteiger partial charge is 0.393 e. The molecule has 1 aliphatic rings. The molecule has 0 amide bonds. The highest BCUT2D eigenvalue weighted by Gasteiger charge is 2.33. The summed E-state index contributed by atoms with van der Waals surface area (Å²) in [5.41, 5.74) is 0. The molecule has 1 saturated carbocycles. The lowest BCUT2D eigenvalue weighted by Crippen LogP contribution is -2.44. The molecule has 0 aliphatic heterocycles. The van der Waals surface area contributed by atoms with Gasteiger partial charge in [-0.15, -0.1) is 0 Å². The quantitative estimate of drug-likeness (QED) is 0.0909. The lowest BCUT2D eigenvalue weighted by Gasteiger charge is -2.30. The molecule has 1 unspecified atom stereocenters. The van der Waals surface area contributed by atoms with Crippen molar-refractivity contribution < 1.29 is 23.9 Å². The lowest BCUT2D eigenvalue weighted by atomic mass is 9.88. The second-order valence-electron chi connectivity index (χ2n) is 12.1. The molecule has 0 aromatic heterocycles. The number of rotatable bonds is 18. The minimum Gasteiger partial charge on any atom is -0.393 e. The minimum atomic E-state index is -1.86. The molecule has 0 aromatic rings. The fourth-order valence-corrected chi connectivity index (χ4v) is 6.38. The topological polar surface area (TPSA) is 76.0 Å². The Morgan fingerprint density at radius 3 is 2.18 bits per heavy atom. The number of Topliss-reactive ketones (excluding diaryl/α,β-unsaturated/α-hetero) is 1. The molecular weight excluding hydrogens is 460 g/mol. The van der Waals surface area contributed by atoms with Crippen LogP contribution in [-0.2, 0) is 13.6 Å². The molecule has 0 heterocycles. The van der Waals surface area contributed by atoms with Crippen LogP contribution in [0.4, 0.5) is 0 Å². The van der Waals surface area contributed by atoms with Crippen molar-refractivity contribution in [3.8, 4) is 0 Å². The van der Waals surface area contributed by atoms with Gasteiger partial charge in [0, 0.05) is 6.42 Å². The van der Waals surface area contributed by atoms with Crippen molar-refractivity contribution in [2.24, 2.45) is 11.8 Å². The maximum Gasteiger partial charge on any atom is 0.199 e. The summed E-state index contributed by atoms with van der Waals surface area (Å²) in [6, 6.07) is 0. The second-order valence-corrected chi connectivity index (χ2v) is 21.1. The van der Waals surface area contributed by atoms with E-state index in [9.17, 15) is 15.0 Å². The molecule has 200 valence electrons. The normalized spacial score (nSPS) is 22.7. The molecule has 2 N–H and O–H groups in total. The molecule has 1 fully saturated rings. The van der Waals surface area contributed by atoms with Gasteiger partial charge >= 0.3 is 0 Å². The zero-order valence-electron chi connectivity index (χ0n) is 23.1. The minimum absolute atomic E-state index is 0.0855. The van der Waals surface area contributed by atoms with Crippen molar-refractivity contribution >= 4 is 22.4 Å². The Balaban J connectivity index is 2.36. The van der Waals surface area contributed by atoms with E-state index in [1.54, 1.807) is 0 Å². The van der Waals surface area contributed by atoms with Gasteiger partial charge in [-0.2, -0.15) is 0 Å². The number of ketones is 1. The van der Waals surface area contributed by atoms with Gasteiger partial charge in [-0.3, -0.25) is 4.79 Å². The molecule has 34 heavy (non-hydrogen) atoms. The summed E-state index contributed by atoms with van der Waals surface area (Å²) in [6.45, 7) is 14.7. The van der Waals surface area contributed by atoms with E-state index >= 15 is 0 Å². The maximum absolute atomic E-state index is 12.8. The SMILES string of the molecule is CCCCC(O)CC=C[C@H]1CC[C@H](O)[C@@H]1CCCCCCC(=O)C(O[Si](C)(C)C)O[Si](C)(C)C. The molecule has 0 bridgehead atoms. The summed E-state index contributed by atoms with van der Waals surface area (Å²) >= 11 is 0. The number of aliphatic hydroxyl groups is 2. The summed E-state index contributed by atoms with van der Waals surface area (Å²) in [5.74, 6) is 0.834. The Morgan fingerprint density at radius 2 is 1.59 bits per heavy atom. The fraction of sp³-hybridized carbons (Fsp3) is 0.889. The van der Waals surface area contributed by atoms with E-state index in [2.05, 4.69) is 58.4 Å². The molecule has 1 rings (SSSR count). The van der Waals surface area contributed by atoms with Crippen LogP contribution in [0.1, 0.15) is 84.0 Å². The summed E-state index contributed by atoms with van der Waals surface area (Å²) < 4.78 is 12.1. The average Bonchev–Trinajstić information content (AvgIpc) is 3.05. The highest BCUT2D eigenvalue weighted by molar-refractivity contribution is 6.71. The molecule has 0 radical (unpaired) electrons. The van der Waals surface area contributed by atoms with Crippen LogP contribution in [0.5, 0.6) is 0 Å². The number of hydrogen-bond acceptors (Lipinski definition) is 5. The zero-order chi connectivity index (χ0) is 25.8. The number of aliphatic hydroxyl groups excluding tert-OH is 2. The molecule has 4 atom stereocenters. The van der Waals surface area contributed by atoms with Gasteiger partial charge in [0.15, 0.2) is 28.7 Å². The Hall–Kier alpha value is -0.316. The third-order valence-corrected chi connectivity index (χ3v) is 8.26. The van der Waals surface area contributed by atoms with Gasteiger partial charge in [0.1, 0.15) is 0 Å². The van der Waals surface area contributed by atoms with E-state index in [4.69, 9.17) is 8.85 Å². The molecule has 7 heteroatoms. The Morgan fingerprint density at radius 1 is 0.971 bits per heavy atom. The third-order valence-electron chi connectivity index (χ3n) is 6.42. The Bertz CT molecular complexity index is 581. The van der Waals surface area contributed by atoms with Crippen LogP contribution in [0.2, 0.25) is 39.3 Å². The fourth-order valence-electron chi connectivity index (χ4n) is 4.64. The summed E-state index contributed by atoms with van der Waals surface area (Å²) in [5, 5.41) is 20.5. The zero-order valence-corrected chi connectivity index (χ0v) is 25.1. The van der Waals surface area contributed by atoms with Crippen LogP contribution in [0, 0.1) is 11.8 Å². The predicted octanol–water partition coefficient (Wildman–Crippen LogP) is 6.81. The van der Waals surface area contributed by atoms with E-state index in [-0.39, 0.29) is 18.0 Å². The molecule has 0 spiro atoms. The molecule has 5 nitrogen and oxygen atoms in total. The first-order valence-corrected chi connectivity index (χ1v) is 20.5. The first kappa shape index (κ1) is 31.7. The first-order chi connectivity index (χ1) is 15.8. The van der Waals surface area contributed by atoms with E-state index in [1.165, 1.54) is 0 Å². The van der Waals surface area contributed by atoms with E-state index in [0.717, 1.165) is 70.6 Å². The van der Waals surface area contributed by atoms with Crippen molar-refractivity contribution in [1.29, 1.82) is 0 Å². The van der Waals surface area contributed by atoms with Gasteiger partial charge in [0.25, 0.3) is 0 Å². The van der Waals surface area contributed by atoms with Crippen molar-refractivity contribution in [2.45, 2.75) is 142 Å². The van der Waals surface area contributed by atoms with Gasteiger partial charge in [0.2, 0.25) is 0 Å². The summed E-state index contributed by atoms with van der Waals surface area (Å²) in [6.07, 6.45) is 14.5. The van der Waals surface area contributed by atoms with Crippen LogP contribution in [0.25, 0.3) is 0 Å². The summed E-state index contributed by atoms with van der Waals surface area (Å²) in [4.78, 5) is 12.8. The molecule has 1 aliphatic carbocycles. The Kier molecular flexibility index (Phi) is 14.7. The van der Waals surface area contributed by atoms with Crippen molar-refractivity contribution in [2.75, 3.05) is 0 Å². The van der Waals surface area contributed by atoms with E-state index in [0.29, 0.717) is 18.3 Å². The van der Waals surface area contributed by atoms with Gasteiger partial charge < -0.3 is 19.1 Å². The highest BCUT2D eigenvalue weighted by Crippen LogP contribution is 2.37. The van der Waals surface area contributed by atoms with Gasteiger partial charge in [-0.1, -0.05) is 51.2 Å². The summed E-state index contributed by atoms with van der Waals surface area (Å²) in [7, 11) is -3.72. The molecule has 0 aromatic carbocycles. The number of unbranched alkanes of at least 4 members (excludes halogenated alkanes) is 4. The Labute approximate surface area is 212 Å². The van der Waals surface area contributed by atoms with Gasteiger partial charge in [-0.05, 0) is 89.6 Å². The number of carbonyl (C=O) groups excluding carboxylic acids is 1. The monoisotopic (exact) mass is 514 g/mol. The third kappa shape index (κ3) is 14.3. The average molecular weight is 515 g/mol. The van der Waals surface area contributed by atoms with Crippen LogP contribution >= 0.6 is 0 Å². The van der Waals surface area contributed by atoms with Crippen molar-refractivity contribution in [3.05, 3.63) is 12.2 Å².